The minimum absolute atomic E-state index is 0.171. The molecule has 0 aliphatic rings. The fourth-order valence-electron chi connectivity index (χ4n) is 1.27. The lowest BCUT2D eigenvalue weighted by Crippen LogP contribution is -2.09. The lowest BCUT2D eigenvalue weighted by molar-refractivity contribution is -0.136. The van der Waals surface area contributed by atoms with Crippen molar-refractivity contribution in [3.8, 4) is 0 Å². The van der Waals surface area contributed by atoms with Crippen LogP contribution in [0.2, 0.25) is 0 Å². The third-order valence-electron chi connectivity index (χ3n) is 2.01. The smallest absolute Gasteiger partial charge is 0.307 e. The Balaban J connectivity index is 2.64. The number of benzene rings is 1. The van der Waals surface area contributed by atoms with Crippen LogP contribution in [-0.4, -0.2) is 31.3 Å². The minimum atomic E-state index is -0.973. The Labute approximate surface area is 93.0 Å². The highest BCUT2D eigenvalue weighted by Gasteiger charge is 2.05. The molecule has 0 heterocycles. The van der Waals surface area contributed by atoms with Crippen molar-refractivity contribution < 1.29 is 19.0 Å². The molecule has 0 aromatic heterocycles. The second-order valence-corrected chi connectivity index (χ2v) is 3.30. The van der Waals surface area contributed by atoms with Crippen molar-refractivity contribution in [3.63, 3.8) is 0 Å². The summed E-state index contributed by atoms with van der Waals surface area (Å²) < 4.78 is 18.2. The molecule has 4 nitrogen and oxygen atoms in total. The molecule has 0 aliphatic heterocycles. The van der Waals surface area contributed by atoms with Crippen LogP contribution in [0.4, 0.5) is 10.1 Å². The van der Waals surface area contributed by atoms with Crippen LogP contribution >= 0.6 is 0 Å². The molecule has 0 unspecified atom stereocenters. The predicted molar refractivity (Wildman–Crippen MR) is 58.1 cm³/mol. The van der Waals surface area contributed by atoms with E-state index in [1.165, 1.54) is 12.1 Å². The number of anilines is 1. The molecule has 2 N–H and O–H groups in total. The molecule has 16 heavy (non-hydrogen) atoms. The van der Waals surface area contributed by atoms with Crippen molar-refractivity contribution in [1.82, 2.24) is 0 Å². The van der Waals surface area contributed by atoms with Crippen LogP contribution in [0.15, 0.2) is 18.2 Å². The monoisotopic (exact) mass is 227 g/mol. The van der Waals surface area contributed by atoms with E-state index >= 15 is 0 Å². The van der Waals surface area contributed by atoms with Gasteiger partial charge in [0.1, 0.15) is 5.82 Å². The molecule has 1 rings (SSSR count). The molecular weight excluding hydrogens is 213 g/mol. The molecule has 0 aliphatic carbocycles. The average Bonchev–Trinajstić information content (AvgIpc) is 2.20. The second kappa shape index (κ2) is 6.07. The summed E-state index contributed by atoms with van der Waals surface area (Å²) in [7, 11) is 1.56. The van der Waals surface area contributed by atoms with Gasteiger partial charge in [0.05, 0.1) is 18.7 Å². The van der Waals surface area contributed by atoms with Gasteiger partial charge in [-0.3, -0.25) is 4.79 Å². The Hall–Kier alpha value is -1.62. The molecular formula is C11H14FNO3. The number of hydrogen-bond donors (Lipinski definition) is 2. The Morgan fingerprint density at radius 1 is 1.56 bits per heavy atom. The zero-order valence-corrected chi connectivity index (χ0v) is 9.00. The van der Waals surface area contributed by atoms with Gasteiger partial charge in [-0.05, 0) is 17.7 Å². The van der Waals surface area contributed by atoms with Gasteiger partial charge >= 0.3 is 5.97 Å². The highest BCUT2D eigenvalue weighted by molar-refractivity contribution is 5.70. The van der Waals surface area contributed by atoms with E-state index in [1.807, 2.05) is 0 Å². The summed E-state index contributed by atoms with van der Waals surface area (Å²) in [5.74, 6) is -1.42. The number of carboxylic acids is 1. The molecule has 88 valence electrons. The van der Waals surface area contributed by atoms with Gasteiger partial charge in [0.15, 0.2) is 0 Å². The predicted octanol–water partition coefficient (Wildman–Crippen LogP) is 1.51. The summed E-state index contributed by atoms with van der Waals surface area (Å²) in [4.78, 5) is 10.4. The zero-order valence-electron chi connectivity index (χ0n) is 9.00. The number of carbonyl (C=O) groups is 1. The number of rotatable bonds is 6. The van der Waals surface area contributed by atoms with Crippen LogP contribution < -0.4 is 5.32 Å². The molecule has 0 atom stereocenters. The van der Waals surface area contributed by atoms with Crippen molar-refractivity contribution in [2.75, 3.05) is 25.6 Å². The SMILES string of the molecule is COCCNc1ccc(CC(=O)O)cc1F. The second-order valence-electron chi connectivity index (χ2n) is 3.30. The van der Waals surface area contributed by atoms with Crippen LogP contribution in [0.5, 0.6) is 0 Å². The van der Waals surface area contributed by atoms with E-state index in [9.17, 15) is 9.18 Å². The molecule has 0 amide bonds. The lowest BCUT2D eigenvalue weighted by Gasteiger charge is -2.07. The molecule has 5 heteroatoms. The number of aliphatic carboxylic acids is 1. The Kier molecular flexibility index (Phi) is 4.72. The van der Waals surface area contributed by atoms with Crippen molar-refractivity contribution in [1.29, 1.82) is 0 Å². The number of carboxylic acid groups (broad SMARTS) is 1. The number of nitrogens with one attached hydrogen (secondary N) is 1. The van der Waals surface area contributed by atoms with E-state index in [2.05, 4.69) is 5.32 Å². The molecule has 0 spiro atoms. The summed E-state index contributed by atoms with van der Waals surface area (Å²) in [5.41, 5.74) is 0.800. The minimum Gasteiger partial charge on any atom is -0.481 e. The first-order valence-electron chi connectivity index (χ1n) is 4.86. The molecule has 0 saturated carbocycles. The van der Waals surface area contributed by atoms with Crippen LogP contribution in [0.3, 0.4) is 0 Å². The molecule has 0 radical (unpaired) electrons. The summed E-state index contributed by atoms with van der Waals surface area (Å²) in [6, 6.07) is 4.35. The Morgan fingerprint density at radius 2 is 2.31 bits per heavy atom. The first-order valence-corrected chi connectivity index (χ1v) is 4.86. The van der Waals surface area contributed by atoms with Crippen LogP contribution in [-0.2, 0) is 16.0 Å². The highest BCUT2D eigenvalue weighted by Crippen LogP contribution is 2.15. The quantitative estimate of drug-likeness (QED) is 0.723. The number of ether oxygens (including phenoxy) is 1. The van der Waals surface area contributed by atoms with E-state index in [0.29, 0.717) is 24.4 Å². The van der Waals surface area contributed by atoms with Gasteiger partial charge in [0, 0.05) is 13.7 Å². The number of halogens is 1. The largest absolute Gasteiger partial charge is 0.481 e. The van der Waals surface area contributed by atoms with Gasteiger partial charge < -0.3 is 15.2 Å². The van der Waals surface area contributed by atoms with Gasteiger partial charge in [-0.25, -0.2) is 4.39 Å². The summed E-state index contributed by atoms with van der Waals surface area (Å²) in [6.45, 7) is 0.988. The first kappa shape index (κ1) is 12.4. The fraction of sp³-hybridized carbons (Fsp3) is 0.364. The molecule has 0 bridgehead atoms. The average molecular weight is 227 g/mol. The van der Waals surface area contributed by atoms with E-state index in [1.54, 1.807) is 13.2 Å². The molecule has 0 fully saturated rings. The van der Waals surface area contributed by atoms with Crippen LogP contribution in [0, 0.1) is 5.82 Å². The first-order chi connectivity index (χ1) is 7.63. The van der Waals surface area contributed by atoms with Crippen molar-refractivity contribution in [2.45, 2.75) is 6.42 Å². The van der Waals surface area contributed by atoms with Crippen molar-refractivity contribution >= 4 is 11.7 Å². The maximum absolute atomic E-state index is 13.4. The van der Waals surface area contributed by atoms with Gasteiger partial charge in [0.25, 0.3) is 0 Å². The van der Waals surface area contributed by atoms with Crippen molar-refractivity contribution in [3.05, 3.63) is 29.6 Å². The molecule has 0 saturated heterocycles. The number of methoxy groups -OCH3 is 1. The maximum atomic E-state index is 13.4. The van der Waals surface area contributed by atoms with Gasteiger partial charge in [-0.2, -0.15) is 0 Å². The highest BCUT2D eigenvalue weighted by atomic mass is 19.1. The summed E-state index contributed by atoms with van der Waals surface area (Å²) in [6.07, 6.45) is -0.171. The van der Waals surface area contributed by atoms with Crippen LogP contribution in [0.1, 0.15) is 5.56 Å². The lowest BCUT2D eigenvalue weighted by atomic mass is 10.1. The fourth-order valence-corrected chi connectivity index (χ4v) is 1.27. The Bertz CT molecular complexity index is 368. The van der Waals surface area contributed by atoms with Gasteiger partial charge in [-0.15, -0.1) is 0 Å². The van der Waals surface area contributed by atoms with E-state index < -0.39 is 11.8 Å². The molecule has 1 aromatic carbocycles. The van der Waals surface area contributed by atoms with E-state index in [-0.39, 0.29) is 6.42 Å². The third kappa shape index (κ3) is 3.86. The van der Waals surface area contributed by atoms with Gasteiger partial charge in [0.2, 0.25) is 0 Å². The van der Waals surface area contributed by atoms with Crippen LogP contribution in [0.25, 0.3) is 0 Å². The van der Waals surface area contributed by atoms with Gasteiger partial charge in [-0.1, -0.05) is 6.07 Å². The standard InChI is InChI=1S/C11H14FNO3/c1-16-5-4-13-10-3-2-8(6-9(10)12)7-11(14)15/h2-3,6,13H,4-5,7H2,1H3,(H,14,15). The third-order valence-corrected chi connectivity index (χ3v) is 2.01. The number of hydrogen-bond acceptors (Lipinski definition) is 3. The van der Waals surface area contributed by atoms with E-state index in [4.69, 9.17) is 9.84 Å². The van der Waals surface area contributed by atoms with Crippen molar-refractivity contribution in [2.24, 2.45) is 0 Å². The summed E-state index contributed by atoms with van der Waals surface area (Å²) in [5, 5.41) is 11.4. The maximum Gasteiger partial charge on any atom is 0.307 e. The Morgan fingerprint density at radius 3 is 2.88 bits per heavy atom. The molecule has 1 aromatic rings. The normalized spacial score (nSPS) is 10.1. The zero-order chi connectivity index (χ0) is 12.0. The van der Waals surface area contributed by atoms with E-state index in [0.717, 1.165) is 0 Å². The summed E-state index contributed by atoms with van der Waals surface area (Å²) >= 11 is 0. The topological polar surface area (TPSA) is 58.6 Å².